The number of rotatable bonds is 8. The van der Waals surface area contributed by atoms with Crippen molar-refractivity contribution in [2.24, 2.45) is 0 Å². The molecule has 4 nitrogen and oxygen atoms in total. The first-order valence-corrected chi connectivity index (χ1v) is 6.92. The monoisotopic (exact) mass is 258 g/mol. The summed E-state index contributed by atoms with van der Waals surface area (Å²) in [5.41, 5.74) is -0.618. The number of hydrogen-bond donors (Lipinski definition) is 1. The fraction of sp³-hybridized carbons (Fsp3) is 0.929. The Morgan fingerprint density at radius 3 is 2.28 bits per heavy atom. The van der Waals surface area contributed by atoms with Gasteiger partial charge in [-0.2, -0.15) is 0 Å². The third-order valence-electron chi connectivity index (χ3n) is 3.29. The van der Waals surface area contributed by atoms with Crippen LogP contribution in [0.5, 0.6) is 0 Å². The fourth-order valence-electron chi connectivity index (χ4n) is 2.19. The molecule has 0 amide bonds. The van der Waals surface area contributed by atoms with Gasteiger partial charge in [-0.05, 0) is 54.6 Å². The molecule has 0 aromatic heterocycles. The standard InChI is InChI=1S/C14H30N2O2/c1-8-16(7)12(5)10-14(6,15-11(3)4)13(17)18-9-2/h11-12,15H,8-10H2,1-7H3. The maximum Gasteiger partial charge on any atom is 0.326 e. The minimum absolute atomic E-state index is 0.157. The van der Waals surface area contributed by atoms with E-state index in [0.717, 1.165) is 13.0 Å². The van der Waals surface area contributed by atoms with Crippen LogP contribution in [0.15, 0.2) is 0 Å². The molecule has 0 aliphatic carbocycles. The first-order valence-electron chi connectivity index (χ1n) is 6.92. The predicted molar refractivity (Wildman–Crippen MR) is 75.7 cm³/mol. The summed E-state index contributed by atoms with van der Waals surface area (Å²) >= 11 is 0. The van der Waals surface area contributed by atoms with E-state index in [9.17, 15) is 4.79 Å². The number of carbonyl (C=O) groups excluding carboxylic acids is 1. The summed E-state index contributed by atoms with van der Waals surface area (Å²) in [6.45, 7) is 13.5. The molecule has 0 heterocycles. The number of nitrogens with one attached hydrogen (secondary N) is 1. The molecule has 0 aliphatic rings. The Balaban J connectivity index is 4.81. The normalized spacial score (nSPS) is 16.7. The quantitative estimate of drug-likeness (QED) is 0.677. The molecular weight excluding hydrogens is 228 g/mol. The average molecular weight is 258 g/mol. The van der Waals surface area contributed by atoms with Gasteiger partial charge in [0, 0.05) is 12.1 Å². The van der Waals surface area contributed by atoms with Crippen molar-refractivity contribution in [3.63, 3.8) is 0 Å². The van der Waals surface area contributed by atoms with Crippen LogP contribution in [-0.4, -0.2) is 48.7 Å². The lowest BCUT2D eigenvalue weighted by atomic mass is 9.92. The number of nitrogens with zero attached hydrogens (tertiary/aromatic N) is 1. The third kappa shape index (κ3) is 5.36. The van der Waals surface area contributed by atoms with Gasteiger partial charge in [-0.15, -0.1) is 0 Å². The van der Waals surface area contributed by atoms with Crippen molar-refractivity contribution < 1.29 is 9.53 Å². The number of hydrogen-bond acceptors (Lipinski definition) is 4. The van der Waals surface area contributed by atoms with Gasteiger partial charge < -0.3 is 9.64 Å². The Hall–Kier alpha value is -0.610. The van der Waals surface area contributed by atoms with Crippen molar-refractivity contribution in [1.29, 1.82) is 0 Å². The van der Waals surface area contributed by atoms with Crippen molar-refractivity contribution in [2.45, 2.75) is 65.6 Å². The van der Waals surface area contributed by atoms with E-state index in [-0.39, 0.29) is 12.0 Å². The lowest BCUT2D eigenvalue weighted by molar-refractivity contribution is -0.151. The molecule has 0 aliphatic heterocycles. The van der Waals surface area contributed by atoms with Crippen LogP contribution in [0.4, 0.5) is 0 Å². The topological polar surface area (TPSA) is 41.6 Å². The Morgan fingerprint density at radius 1 is 1.33 bits per heavy atom. The maximum absolute atomic E-state index is 12.1. The van der Waals surface area contributed by atoms with Crippen LogP contribution in [-0.2, 0) is 9.53 Å². The summed E-state index contributed by atoms with van der Waals surface area (Å²) in [5, 5.41) is 3.35. The summed E-state index contributed by atoms with van der Waals surface area (Å²) in [6, 6.07) is 0.578. The molecule has 0 bridgehead atoms. The van der Waals surface area contributed by atoms with Crippen molar-refractivity contribution in [2.75, 3.05) is 20.2 Å². The van der Waals surface area contributed by atoms with Gasteiger partial charge in [-0.1, -0.05) is 6.92 Å². The largest absolute Gasteiger partial charge is 0.465 e. The molecule has 18 heavy (non-hydrogen) atoms. The predicted octanol–water partition coefficient (Wildman–Crippen LogP) is 2.04. The van der Waals surface area contributed by atoms with Crippen LogP contribution < -0.4 is 5.32 Å². The highest BCUT2D eigenvalue weighted by Gasteiger charge is 2.37. The van der Waals surface area contributed by atoms with Crippen LogP contribution >= 0.6 is 0 Å². The molecule has 0 rings (SSSR count). The van der Waals surface area contributed by atoms with Crippen LogP contribution in [0.3, 0.4) is 0 Å². The van der Waals surface area contributed by atoms with Crippen LogP contribution in [0, 0.1) is 0 Å². The Morgan fingerprint density at radius 2 is 1.89 bits per heavy atom. The second-order valence-electron chi connectivity index (χ2n) is 5.48. The minimum Gasteiger partial charge on any atom is -0.465 e. The lowest BCUT2D eigenvalue weighted by Crippen LogP contribution is -2.56. The van der Waals surface area contributed by atoms with Gasteiger partial charge in [0.05, 0.1) is 6.61 Å². The van der Waals surface area contributed by atoms with Crippen molar-refractivity contribution >= 4 is 5.97 Å². The molecule has 0 spiro atoms. The number of esters is 1. The minimum atomic E-state index is -0.618. The van der Waals surface area contributed by atoms with E-state index in [0.29, 0.717) is 12.6 Å². The van der Waals surface area contributed by atoms with Crippen molar-refractivity contribution in [3.8, 4) is 0 Å². The first kappa shape index (κ1) is 17.4. The summed E-state index contributed by atoms with van der Waals surface area (Å²) in [6.07, 6.45) is 0.744. The zero-order valence-electron chi connectivity index (χ0n) is 13.0. The highest BCUT2D eigenvalue weighted by atomic mass is 16.5. The van der Waals surface area contributed by atoms with E-state index < -0.39 is 5.54 Å². The molecule has 108 valence electrons. The molecule has 0 radical (unpaired) electrons. The number of ether oxygens (including phenoxy) is 1. The lowest BCUT2D eigenvalue weighted by Gasteiger charge is -2.35. The van der Waals surface area contributed by atoms with Gasteiger partial charge in [-0.3, -0.25) is 10.1 Å². The Bertz CT molecular complexity index is 256. The van der Waals surface area contributed by atoms with E-state index in [1.54, 1.807) is 0 Å². The summed E-state index contributed by atoms with van der Waals surface area (Å²) in [4.78, 5) is 14.4. The Labute approximate surface area is 112 Å². The van der Waals surface area contributed by atoms with Gasteiger partial charge >= 0.3 is 5.97 Å². The highest BCUT2D eigenvalue weighted by molar-refractivity contribution is 5.80. The van der Waals surface area contributed by atoms with E-state index in [4.69, 9.17) is 4.74 Å². The van der Waals surface area contributed by atoms with Gasteiger partial charge in [0.15, 0.2) is 0 Å². The van der Waals surface area contributed by atoms with Gasteiger partial charge in [-0.25, -0.2) is 0 Å². The molecule has 0 aromatic rings. The molecular formula is C14H30N2O2. The van der Waals surface area contributed by atoms with E-state index in [1.165, 1.54) is 0 Å². The van der Waals surface area contributed by atoms with Crippen molar-refractivity contribution in [3.05, 3.63) is 0 Å². The summed E-state index contributed by atoms with van der Waals surface area (Å²) in [7, 11) is 2.08. The number of carbonyl (C=O) groups is 1. The SMILES string of the molecule is CCOC(=O)C(C)(CC(C)N(C)CC)NC(C)C. The smallest absolute Gasteiger partial charge is 0.326 e. The average Bonchev–Trinajstić information content (AvgIpc) is 2.26. The van der Waals surface area contributed by atoms with Gasteiger partial charge in [0.25, 0.3) is 0 Å². The molecule has 0 fully saturated rings. The second kappa shape index (κ2) is 7.74. The second-order valence-corrected chi connectivity index (χ2v) is 5.48. The van der Waals surface area contributed by atoms with Crippen LogP contribution in [0.1, 0.15) is 48.0 Å². The van der Waals surface area contributed by atoms with Gasteiger partial charge in [0.2, 0.25) is 0 Å². The van der Waals surface area contributed by atoms with E-state index in [2.05, 4.69) is 31.1 Å². The zero-order valence-corrected chi connectivity index (χ0v) is 13.0. The Kier molecular flexibility index (Phi) is 7.48. The molecule has 2 atom stereocenters. The first-order chi connectivity index (χ1) is 8.26. The molecule has 4 heteroatoms. The molecule has 2 unspecified atom stereocenters. The van der Waals surface area contributed by atoms with Crippen molar-refractivity contribution in [1.82, 2.24) is 10.2 Å². The van der Waals surface area contributed by atoms with E-state index in [1.807, 2.05) is 27.7 Å². The third-order valence-corrected chi connectivity index (χ3v) is 3.29. The highest BCUT2D eigenvalue weighted by Crippen LogP contribution is 2.18. The molecule has 0 saturated heterocycles. The molecule has 1 N–H and O–H groups in total. The van der Waals surface area contributed by atoms with Crippen LogP contribution in [0.25, 0.3) is 0 Å². The maximum atomic E-state index is 12.1. The fourth-order valence-corrected chi connectivity index (χ4v) is 2.19. The zero-order chi connectivity index (χ0) is 14.3. The summed E-state index contributed by atoms with van der Waals surface area (Å²) in [5.74, 6) is -0.157. The van der Waals surface area contributed by atoms with Gasteiger partial charge in [0.1, 0.15) is 5.54 Å². The van der Waals surface area contributed by atoms with E-state index >= 15 is 0 Å². The molecule has 0 saturated carbocycles. The summed E-state index contributed by atoms with van der Waals surface area (Å²) < 4.78 is 5.20. The molecule has 0 aromatic carbocycles. The van der Waals surface area contributed by atoms with Crippen LogP contribution in [0.2, 0.25) is 0 Å².